The number of aromatic nitrogens is 1. The van der Waals surface area contributed by atoms with E-state index >= 15 is 0 Å². The molecule has 1 aliphatic rings. The minimum absolute atomic E-state index is 0.0323. The molecule has 120 valence electrons. The van der Waals surface area contributed by atoms with Crippen LogP contribution in [0.3, 0.4) is 0 Å². The average Bonchev–Trinajstić information content (AvgIpc) is 2.62. The number of nitrogens with zero attached hydrogens (tertiary/aromatic N) is 3. The van der Waals surface area contributed by atoms with Crippen LogP contribution in [0.15, 0.2) is 48.7 Å². The highest BCUT2D eigenvalue weighted by atomic mass is 35.5. The third kappa shape index (κ3) is 3.54. The largest absolute Gasteiger partial charge is 0.336 e. The Morgan fingerprint density at radius 1 is 1.09 bits per heavy atom. The van der Waals surface area contributed by atoms with Gasteiger partial charge in [0.15, 0.2) is 0 Å². The minimum atomic E-state index is -0.0323. The van der Waals surface area contributed by atoms with E-state index in [0.29, 0.717) is 24.7 Å². The number of benzene rings is 1. The van der Waals surface area contributed by atoms with Crippen LogP contribution in [0.1, 0.15) is 28.9 Å². The maximum Gasteiger partial charge on any atom is 0.257 e. The molecule has 5 heteroatoms. The lowest BCUT2D eigenvalue weighted by Crippen LogP contribution is -2.49. The molecule has 1 aliphatic heterocycles. The highest BCUT2D eigenvalue weighted by molar-refractivity contribution is 6.32. The van der Waals surface area contributed by atoms with E-state index in [1.54, 1.807) is 18.3 Å². The number of rotatable bonds is 3. The van der Waals surface area contributed by atoms with Gasteiger partial charge in [0.05, 0.1) is 5.56 Å². The molecule has 1 aromatic carbocycles. The lowest BCUT2D eigenvalue weighted by Gasteiger charge is -2.38. The predicted octanol–water partition coefficient (Wildman–Crippen LogP) is 3.25. The molecule has 1 atom stereocenters. The van der Waals surface area contributed by atoms with Gasteiger partial charge in [0.1, 0.15) is 5.15 Å². The first-order valence-corrected chi connectivity index (χ1v) is 8.23. The van der Waals surface area contributed by atoms with E-state index in [1.807, 2.05) is 11.0 Å². The van der Waals surface area contributed by atoms with Crippen LogP contribution in [-0.4, -0.2) is 46.9 Å². The molecule has 0 radical (unpaired) electrons. The number of piperazine rings is 1. The first kappa shape index (κ1) is 16.0. The van der Waals surface area contributed by atoms with Gasteiger partial charge in [-0.25, -0.2) is 4.98 Å². The third-order valence-corrected chi connectivity index (χ3v) is 4.72. The summed E-state index contributed by atoms with van der Waals surface area (Å²) in [6.45, 7) is 5.35. The predicted molar refractivity (Wildman–Crippen MR) is 91.6 cm³/mol. The van der Waals surface area contributed by atoms with E-state index in [4.69, 9.17) is 11.6 Å². The molecule has 3 rings (SSSR count). The highest BCUT2D eigenvalue weighted by Gasteiger charge is 2.26. The molecular weight excluding hydrogens is 310 g/mol. The van der Waals surface area contributed by atoms with Gasteiger partial charge in [0.25, 0.3) is 5.91 Å². The maximum atomic E-state index is 12.6. The third-order valence-electron chi connectivity index (χ3n) is 4.42. The number of halogens is 1. The molecule has 1 amide bonds. The quantitative estimate of drug-likeness (QED) is 0.811. The Labute approximate surface area is 141 Å². The van der Waals surface area contributed by atoms with E-state index in [2.05, 4.69) is 41.1 Å². The van der Waals surface area contributed by atoms with Gasteiger partial charge in [0.2, 0.25) is 0 Å². The van der Waals surface area contributed by atoms with Gasteiger partial charge >= 0.3 is 0 Å². The zero-order valence-electron chi connectivity index (χ0n) is 13.2. The van der Waals surface area contributed by atoms with Crippen molar-refractivity contribution in [2.75, 3.05) is 26.2 Å². The highest BCUT2D eigenvalue weighted by Crippen LogP contribution is 2.22. The molecule has 1 aromatic heterocycles. The van der Waals surface area contributed by atoms with Gasteiger partial charge in [-0.2, -0.15) is 0 Å². The van der Waals surface area contributed by atoms with E-state index in [1.165, 1.54) is 5.56 Å². The van der Waals surface area contributed by atoms with Gasteiger partial charge in [-0.05, 0) is 24.6 Å². The van der Waals surface area contributed by atoms with E-state index in [-0.39, 0.29) is 11.1 Å². The summed E-state index contributed by atoms with van der Waals surface area (Å²) in [7, 11) is 0. The summed E-state index contributed by atoms with van der Waals surface area (Å²) in [5.41, 5.74) is 1.79. The van der Waals surface area contributed by atoms with Gasteiger partial charge < -0.3 is 4.90 Å². The summed E-state index contributed by atoms with van der Waals surface area (Å²) in [6, 6.07) is 14.3. The van der Waals surface area contributed by atoms with Crippen molar-refractivity contribution in [3.05, 3.63) is 64.9 Å². The fourth-order valence-corrected chi connectivity index (χ4v) is 3.17. The van der Waals surface area contributed by atoms with Crippen molar-refractivity contribution < 1.29 is 4.79 Å². The molecule has 1 saturated heterocycles. The lowest BCUT2D eigenvalue weighted by molar-refractivity contribution is 0.0582. The topological polar surface area (TPSA) is 36.4 Å². The SMILES string of the molecule is CC(c1ccccc1)N1CCN(C(=O)c2cccnc2Cl)CC1. The molecule has 0 saturated carbocycles. The fourth-order valence-electron chi connectivity index (χ4n) is 2.97. The van der Waals surface area contributed by atoms with E-state index in [0.717, 1.165) is 13.1 Å². The number of pyridine rings is 1. The normalized spacial score (nSPS) is 17.0. The van der Waals surface area contributed by atoms with Crippen LogP contribution in [-0.2, 0) is 0 Å². The van der Waals surface area contributed by atoms with Gasteiger partial charge in [-0.3, -0.25) is 9.69 Å². The van der Waals surface area contributed by atoms with Crippen LogP contribution in [0.25, 0.3) is 0 Å². The summed E-state index contributed by atoms with van der Waals surface area (Å²) in [5.74, 6) is -0.0323. The van der Waals surface area contributed by atoms with Crippen molar-refractivity contribution in [3.8, 4) is 0 Å². The standard InChI is InChI=1S/C18H20ClN3O/c1-14(15-6-3-2-4-7-15)21-10-12-22(13-11-21)18(23)16-8-5-9-20-17(16)19/h2-9,14H,10-13H2,1H3. The summed E-state index contributed by atoms with van der Waals surface area (Å²) in [5, 5.41) is 0.276. The van der Waals surface area contributed by atoms with Crippen LogP contribution >= 0.6 is 11.6 Å². The Hall–Kier alpha value is -1.91. The van der Waals surface area contributed by atoms with Gasteiger partial charge in [-0.1, -0.05) is 41.9 Å². The zero-order valence-corrected chi connectivity index (χ0v) is 13.9. The molecule has 0 spiro atoms. The van der Waals surface area contributed by atoms with Crippen LogP contribution < -0.4 is 0 Å². The number of hydrogen-bond acceptors (Lipinski definition) is 3. The fraction of sp³-hybridized carbons (Fsp3) is 0.333. The smallest absolute Gasteiger partial charge is 0.257 e. The number of carbonyl (C=O) groups is 1. The second-order valence-electron chi connectivity index (χ2n) is 5.76. The first-order chi connectivity index (χ1) is 11.2. The molecule has 2 heterocycles. The Bertz CT molecular complexity index is 669. The maximum absolute atomic E-state index is 12.6. The summed E-state index contributed by atoms with van der Waals surface area (Å²) < 4.78 is 0. The van der Waals surface area contributed by atoms with Crippen LogP contribution in [0.2, 0.25) is 5.15 Å². The monoisotopic (exact) mass is 329 g/mol. The van der Waals surface area contributed by atoms with Crippen molar-refractivity contribution in [3.63, 3.8) is 0 Å². The van der Waals surface area contributed by atoms with E-state index < -0.39 is 0 Å². The Balaban J connectivity index is 1.62. The zero-order chi connectivity index (χ0) is 16.2. The van der Waals surface area contributed by atoms with Crippen molar-refractivity contribution in [1.29, 1.82) is 0 Å². The molecule has 0 aliphatic carbocycles. The summed E-state index contributed by atoms with van der Waals surface area (Å²) in [4.78, 5) is 20.8. The number of hydrogen-bond donors (Lipinski definition) is 0. The lowest BCUT2D eigenvalue weighted by atomic mass is 10.1. The first-order valence-electron chi connectivity index (χ1n) is 7.85. The second kappa shape index (κ2) is 7.11. The van der Waals surface area contributed by atoms with Gasteiger partial charge in [0, 0.05) is 38.4 Å². The molecular formula is C18H20ClN3O. The molecule has 0 N–H and O–H groups in total. The average molecular weight is 330 g/mol. The molecule has 0 bridgehead atoms. The number of amides is 1. The van der Waals surface area contributed by atoms with Crippen molar-refractivity contribution in [2.24, 2.45) is 0 Å². The van der Waals surface area contributed by atoms with Crippen molar-refractivity contribution >= 4 is 17.5 Å². The van der Waals surface area contributed by atoms with Crippen LogP contribution in [0.4, 0.5) is 0 Å². The van der Waals surface area contributed by atoms with E-state index in [9.17, 15) is 4.79 Å². The van der Waals surface area contributed by atoms with Crippen LogP contribution in [0.5, 0.6) is 0 Å². The Morgan fingerprint density at radius 3 is 2.43 bits per heavy atom. The van der Waals surface area contributed by atoms with Crippen molar-refractivity contribution in [2.45, 2.75) is 13.0 Å². The van der Waals surface area contributed by atoms with Crippen molar-refractivity contribution in [1.82, 2.24) is 14.8 Å². The second-order valence-corrected chi connectivity index (χ2v) is 6.11. The minimum Gasteiger partial charge on any atom is -0.336 e. The molecule has 1 unspecified atom stereocenters. The Morgan fingerprint density at radius 2 is 1.78 bits per heavy atom. The molecule has 4 nitrogen and oxygen atoms in total. The number of carbonyl (C=O) groups excluding carboxylic acids is 1. The molecule has 23 heavy (non-hydrogen) atoms. The van der Waals surface area contributed by atoms with Gasteiger partial charge in [-0.15, -0.1) is 0 Å². The molecule has 2 aromatic rings. The van der Waals surface area contributed by atoms with Crippen LogP contribution in [0, 0.1) is 0 Å². The Kier molecular flexibility index (Phi) is 4.94. The summed E-state index contributed by atoms with van der Waals surface area (Å²) in [6.07, 6.45) is 1.60. The summed E-state index contributed by atoms with van der Waals surface area (Å²) >= 11 is 6.03. The molecule has 1 fully saturated rings.